The van der Waals surface area contributed by atoms with Gasteiger partial charge in [-0.05, 0) is 158 Å². The summed E-state index contributed by atoms with van der Waals surface area (Å²) < 4.78 is 0. The number of nitrogens with zero attached hydrogens (tertiary/aromatic N) is 8. The van der Waals surface area contributed by atoms with Gasteiger partial charge in [0.05, 0.1) is 24.0 Å². The molecule has 0 aliphatic heterocycles. The lowest BCUT2D eigenvalue weighted by molar-refractivity contribution is 0.768. The molecule has 0 N–H and O–H groups in total. The van der Waals surface area contributed by atoms with E-state index in [0.717, 1.165) is 99.8 Å². The maximum atomic E-state index is 7.88. The van der Waals surface area contributed by atoms with Crippen LogP contribution in [0.5, 0.6) is 0 Å². The number of aromatic nitrogens is 6. The average Bonchev–Trinajstić information content (AvgIpc) is 1.53. The van der Waals surface area contributed by atoms with Crippen LogP contribution in [0.3, 0.4) is 0 Å². The lowest BCUT2D eigenvalue weighted by Gasteiger charge is -2.34. The summed E-state index contributed by atoms with van der Waals surface area (Å²) in [4.78, 5) is 37.9. The molecule has 2 aliphatic carbocycles. The Labute approximate surface area is 673 Å². The molecule has 2 aromatic heterocycles. The third-order valence-corrected chi connectivity index (χ3v) is 22.8. The SMILES string of the molecule is [C-]#[N+]c1ccc2c(c1)-c1cc(-c3ccc(-c4nc(-c5ccc6ccccc6c5)nc(-c5ccc6ccccc6c5)n4)cc3)ccc1C2(c1ccccc1)c1ccccc1.[C-]#[N+]c1ccc2c(c1)-c1cc(-c3ccc(-c4nc(-c5ccccc5)nc(-c5ccc(-c6ccccc6)cc5)n4)cc3)ccc1C2(c1ccccc1)c1ccccc1. The molecule has 540 valence electrons. The molecule has 0 bridgehead atoms. The highest BCUT2D eigenvalue weighted by Crippen LogP contribution is 2.59. The first kappa shape index (κ1) is 69.5. The lowest BCUT2D eigenvalue weighted by atomic mass is 9.67. The Morgan fingerprint density at radius 3 is 0.724 bits per heavy atom. The molecule has 0 fully saturated rings. The summed E-state index contributed by atoms with van der Waals surface area (Å²) in [6, 6.07) is 144. The van der Waals surface area contributed by atoms with Crippen LogP contribution in [0.15, 0.2) is 413 Å². The molecule has 116 heavy (non-hydrogen) atoms. The van der Waals surface area contributed by atoms with Crippen LogP contribution in [0.25, 0.3) is 155 Å². The molecular weight excluding hydrogens is 1410 g/mol. The predicted octanol–water partition coefficient (Wildman–Crippen LogP) is 26.9. The number of fused-ring (bicyclic) bond motifs is 8. The van der Waals surface area contributed by atoms with Crippen molar-refractivity contribution in [3.05, 3.63) is 480 Å². The molecule has 0 saturated heterocycles. The Kier molecular flexibility index (Phi) is 17.7. The zero-order chi connectivity index (χ0) is 77.5. The first-order valence-corrected chi connectivity index (χ1v) is 38.8. The van der Waals surface area contributed by atoms with Gasteiger partial charge in [-0.25, -0.2) is 39.6 Å². The minimum atomic E-state index is -0.527. The topological polar surface area (TPSA) is 86.1 Å². The van der Waals surface area contributed by atoms with Gasteiger partial charge >= 0.3 is 0 Å². The molecule has 0 spiro atoms. The summed E-state index contributed by atoms with van der Waals surface area (Å²) in [6.45, 7) is 15.7. The zero-order valence-corrected chi connectivity index (χ0v) is 62.8. The Morgan fingerprint density at radius 1 is 0.172 bits per heavy atom. The Bertz CT molecular complexity index is 6870. The van der Waals surface area contributed by atoms with Gasteiger partial charge in [-0.1, -0.05) is 376 Å². The van der Waals surface area contributed by atoms with Gasteiger partial charge in [0.1, 0.15) is 0 Å². The van der Waals surface area contributed by atoms with Gasteiger partial charge in [0.25, 0.3) is 0 Å². The molecule has 21 rings (SSSR count). The quantitative estimate of drug-likeness (QED) is 0.107. The standard InChI is InChI=1S/C55H34N4.C53H34N4/c1-56-47-29-31-51-49(35-47)48-34-42(28-30-50(48)55(51,45-16-4-2-5-17-45)46-18-6-3-7-19-46)38-20-24-39(25-21-38)52-57-53(43-26-22-36-12-8-10-14-40(36)32-43)59-54(58-52)44-27-23-37-13-9-11-15-41(37)33-44;1-54-45-31-33-49-47(35-45)46-34-42(30-32-48(46)53(49,43-18-10-4-11-19-43)44-20-12-5-13-21-44)38-24-28-41(29-25-38)52-56-50(39-16-8-3-9-17-39)55-51(57-52)40-26-22-37(23-27-40)36-14-6-2-7-15-36/h2-35H;2-35H. The highest BCUT2D eigenvalue weighted by atomic mass is 15.0. The molecule has 17 aromatic carbocycles. The second-order valence-corrected chi connectivity index (χ2v) is 29.4. The summed E-state index contributed by atoms with van der Waals surface area (Å²) >= 11 is 0. The van der Waals surface area contributed by atoms with Gasteiger partial charge in [-0.3, -0.25) is 0 Å². The van der Waals surface area contributed by atoms with E-state index in [9.17, 15) is 0 Å². The van der Waals surface area contributed by atoms with Crippen LogP contribution in [0.1, 0.15) is 44.5 Å². The van der Waals surface area contributed by atoms with E-state index in [2.05, 4.69) is 374 Å². The van der Waals surface area contributed by atoms with Crippen LogP contribution in [0.4, 0.5) is 11.4 Å². The zero-order valence-electron chi connectivity index (χ0n) is 62.8. The Morgan fingerprint density at radius 2 is 0.397 bits per heavy atom. The first-order chi connectivity index (χ1) is 57.3. The number of benzene rings is 17. The molecule has 0 radical (unpaired) electrons. The number of hydrogen-bond acceptors (Lipinski definition) is 6. The molecule has 0 atom stereocenters. The number of rotatable bonds is 13. The van der Waals surface area contributed by atoms with Crippen molar-refractivity contribution < 1.29 is 0 Å². The average molecular weight is 1480 g/mol. The van der Waals surface area contributed by atoms with E-state index in [1.54, 1.807) is 0 Å². The van der Waals surface area contributed by atoms with E-state index in [1.165, 1.54) is 55.3 Å². The molecular formula is C108H68N8. The van der Waals surface area contributed by atoms with Crippen LogP contribution >= 0.6 is 0 Å². The molecule has 2 heterocycles. The van der Waals surface area contributed by atoms with Gasteiger partial charge in [0, 0.05) is 33.4 Å². The third-order valence-electron chi connectivity index (χ3n) is 22.8. The van der Waals surface area contributed by atoms with Gasteiger partial charge in [0.15, 0.2) is 46.3 Å². The van der Waals surface area contributed by atoms with Crippen molar-refractivity contribution in [2.75, 3.05) is 0 Å². The van der Waals surface area contributed by atoms with Crippen molar-refractivity contribution in [3.8, 4) is 124 Å². The van der Waals surface area contributed by atoms with Gasteiger partial charge < -0.3 is 0 Å². The number of hydrogen-bond donors (Lipinski definition) is 0. The Hall–Kier alpha value is -15.7. The highest BCUT2D eigenvalue weighted by molar-refractivity contribution is 5.94. The van der Waals surface area contributed by atoms with Crippen LogP contribution in [-0.2, 0) is 10.8 Å². The van der Waals surface area contributed by atoms with E-state index >= 15 is 0 Å². The predicted molar refractivity (Wildman–Crippen MR) is 471 cm³/mol. The van der Waals surface area contributed by atoms with Crippen molar-refractivity contribution in [1.29, 1.82) is 0 Å². The fourth-order valence-electron chi connectivity index (χ4n) is 17.3. The van der Waals surface area contributed by atoms with E-state index < -0.39 is 10.8 Å². The highest BCUT2D eigenvalue weighted by Gasteiger charge is 2.48. The van der Waals surface area contributed by atoms with Crippen molar-refractivity contribution in [3.63, 3.8) is 0 Å². The fourth-order valence-corrected chi connectivity index (χ4v) is 17.3. The van der Waals surface area contributed by atoms with Crippen molar-refractivity contribution >= 4 is 32.9 Å². The maximum Gasteiger partial charge on any atom is 0.187 e. The van der Waals surface area contributed by atoms with E-state index in [4.69, 9.17) is 43.0 Å². The third kappa shape index (κ3) is 12.4. The van der Waals surface area contributed by atoms with Crippen LogP contribution in [0, 0.1) is 13.1 Å². The van der Waals surface area contributed by atoms with Crippen LogP contribution in [-0.4, -0.2) is 29.9 Å². The molecule has 0 amide bonds. The summed E-state index contributed by atoms with van der Waals surface area (Å²) in [7, 11) is 0. The van der Waals surface area contributed by atoms with E-state index in [1.807, 2.05) is 48.5 Å². The van der Waals surface area contributed by atoms with Crippen LogP contribution < -0.4 is 0 Å². The molecule has 0 saturated carbocycles. The van der Waals surface area contributed by atoms with Gasteiger partial charge in [-0.15, -0.1) is 0 Å². The normalized spacial score (nSPS) is 12.4. The summed E-state index contributed by atoms with van der Waals surface area (Å²) in [5.74, 6) is 3.74. The van der Waals surface area contributed by atoms with E-state index in [0.29, 0.717) is 46.3 Å². The van der Waals surface area contributed by atoms with Crippen molar-refractivity contribution in [2.45, 2.75) is 10.8 Å². The lowest BCUT2D eigenvalue weighted by Crippen LogP contribution is -2.28. The molecule has 19 aromatic rings. The van der Waals surface area contributed by atoms with Gasteiger partial charge in [-0.2, -0.15) is 0 Å². The molecule has 8 nitrogen and oxygen atoms in total. The summed E-state index contributed by atoms with van der Waals surface area (Å²) in [5, 5.41) is 4.61. The first-order valence-electron chi connectivity index (χ1n) is 38.8. The molecule has 0 unspecified atom stereocenters. The van der Waals surface area contributed by atoms with Crippen LogP contribution in [0.2, 0.25) is 0 Å². The second kappa shape index (κ2) is 29.5. The van der Waals surface area contributed by atoms with Crippen molar-refractivity contribution in [1.82, 2.24) is 29.9 Å². The molecule has 2 aliphatic rings. The maximum absolute atomic E-state index is 7.88. The van der Waals surface area contributed by atoms with Gasteiger partial charge in [0.2, 0.25) is 0 Å². The largest absolute Gasteiger partial charge is 0.238 e. The van der Waals surface area contributed by atoms with Crippen molar-refractivity contribution in [2.24, 2.45) is 0 Å². The monoisotopic (exact) mass is 1480 g/mol. The minimum Gasteiger partial charge on any atom is -0.238 e. The minimum absolute atomic E-state index is 0.523. The Balaban J connectivity index is 0.000000150. The smallest absolute Gasteiger partial charge is 0.187 e. The molecule has 8 heteroatoms. The second-order valence-electron chi connectivity index (χ2n) is 29.4. The summed E-state index contributed by atoms with van der Waals surface area (Å²) in [6.07, 6.45) is 0. The fraction of sp³-hybridized carbons (Fsp3) is 0.0185. The summed E-state index contributed by atoms with van der Waals surface area (Å²) in [5.41, 5.74) is 26.4. The van der Waals surface area contributed by atoms with E-state index in [-0.39, 0.29) is 0 Å².